The molecule has 9 heteroatoms. The molecular weight excluding hydrogens is 521 g/mol. The molecule has 0 unspecified atom stereocenters. The zero-order valence-corrected chi connectivity index (χ0v) is 22.8. The zero-order valence-electron chi connectivity index (χ0n) is 21.3. The number of hydrogen-bond donors (Lipinski definition) is 5. The van der Waals surface area contributed by atoms with Crippen molar-refractivity contribution in [2.24, 2.45) is 5.73 Å². The lowest BCUT2D eigenvalue weighted by molar-refractivity contribution is -0.123. The van der Waals surface area contributed by atoms with Crippen molar-refractivity contribution in [2.45, 2.75) is 44.3 Å². The van der Waals surface area contributed by atoms with E-state index < -0.39 is 12.1 Å². The number of nitrogens with two attached hydrogens (primary N) is 1. The Hall–Kier alpha value is -3.10. The Morgan fingerprint density at radius 3 is 2.18 bits per heavy atom. The van der Waals surface area contributed by atoms with E-state index in [9.17, 15) is 9.59 Å². The predicted octanol–water partition coefficient (Wildman–Crippen LogP) is 5.13. The standard InChI is InChI=1S/C29H35Cl2N5O2/c30-23-14-15-26(25(31)18-23)36-29(38)34-20-24(17-21-9-3-1-4-10-21)35-27(13-7-8-16-32)28(37)33-19-22-11-5-2-6-12-22/h1-6,9-12,14-15,18,24,27,35H,7-8,13,16-17,19-20,32H2,(H,33,37)(H2,34,36,38)/t24-,27+/m1/s1. The van der Waals surface area contributed by atoms with Crippen molar-refractivity contribution in [2.75, 3.05) is 18.4 Å². The molecule has 0 radical (unpaired) electrons. The molecule has 3 amide bonds. The quantitative estimate of drug-likeness (QED) is 0.178. The molecule has 6 N–H and O–H groups in total. The molecule has 0 spiro atoms. The maximum atomic E-state index is 13.2. The van der Waals surface area contributed by atoms with Gasteiger partial charge in [0.2, 0.25) is 5.91 Å². The minimum absolute atomic E-state index is 0.0821. The molecule has 3 rings (SSSR count). The summed E-state index contributed by atoms with van der Waals surface area (Å²) in [5.41, 5.74) is 8.28. The van der Waals surface area contributed by atoms with Gasteiger partial charge >= 0.3 is 6.03 Å². The molecule has 0 heterocycles. The fraction of sp³-hybridized carbons (Fsp3) is 0.310. The number of hydrogen-bond acceptors (Lipinski definition) is 4. The van der Waals surface area contributed by atoms with Crippen LogP contribution in [0.4, 0.5) is 10.5 Å². The number of rotatable bonds is 14. The van der Waals surface area contributed by atoms with Crippen LogP contribution in [-0.2, 0) is 17.8 Å². The van der Waals surface area contributed by atoms with E-state index in [0.29, 0.717) is 48.2 Å². The molecule has 3 aromatic carbocycles. The van der Waals surface area contributed by atoms with Gasteiger partial charge in [0.15, 0.2) is 0 Å². The highest BCUT2D eigenvalue weighted by Gasteiger charge is 2.23. The summed E-state index contributed by atoms with van der Waals surface area (Å²) in [4.78, 5) is 25.9. The van der Waals surface area contributed by atoms with Gasteiger partial charge in [0.05, 0.1) is 16.8 Å². The molecule has 0 aliphatic rings. The highest BCUT2D eigenvalue weighted by atomic mass is 35.5. The van der Waals surface area contributed by atoms with Crippen LogP contribution >= 0.6 is 23.2 Å². The minimum atomic E-state index is -0.436. The van der Waals surface area contributed by atoms with E-state index in [4.69, 9.17) is 28.9 Å². The monoisotopic (exact) mass is 555 g/mol. The van der Waals surface area contributed by atoms with Crippen molar-refractivity contribution in [3.05, 3.63) is 100 Å². The van der Waals surface area contributed by atoms with E-state index >= 15 is 0 Å². The molecule has 0 bridgehead atoms. The molecule has 202 valence electrons. The van der Waals surface area contributed by atoms with Crippen molar-refractivity contribution < 1.29 is 9.59 Å². The highest BCUT2D eigenvalue weighted by Crippen LogP contribution is 2.25. The summed E-state index contributed by atoms with van der Waals surface area (Å²) >= 11 is 12.1. The number of nitrogens with one attached hydrogen (secondary N) is 4. The second-order valence-electron chi connectivity index (χ2n) is 9.05. The molecule has 0 saturated heterocycles. The Morgan fingerprint density at radius 2 is 1.53 bits per heavy atom. The lowest BCUT2D eigenvalue weighted by atomic mass is 10.0. The Morgan fingerprint density at radius 1 is 0.842 bits per heavy atom. The number of benzene rings is 3. The normalized spacial score (nSPS) is 12.4. The molecule has 0 aliphatic carbocycles. The van der Waals surface area contributed by atoms with Gasteiger partial charge in [-0.3, -0.25) is 4.79 Å². The van der Waals surface area contributed by atoms with Gasteiger partial charge in [-0.05, 0) is 55.1 Å². The maximum absolute atomic E-state index is 13.2. The first kappa shape index (κ1) is 29.5. The van der Waals surface area contributed by atoms with E-state index in [1.165, 1.54) is 0 Å². The number of halogens is 2. The number of anilines is 1. The number of amides is 3. The Balaban J connectivity index is 1.67. The van der Waals surface area contributed by atoms with Gasteiger partial charge in [0, 0.05) is 24.2 Å². The van der Waals surface area contributed by atoms with Crippen molar-refractivity contribution in [1.29, 1.82) is 0 Å². The van der Waals surface area contributed by atoms with Crippen LogP contribution in [0.15, 0.2) is 78.9 Å². The van der Waals surface area contributed by atoms with Gasteiger partial charge in [-0.25, -0.2) is 4.79 Å². The van der Waals surface area contributed by atoms with Crippen molar-refractivity contribution >= 4 is 40.8 Å². The van der Waals surface area contributed by atoms with Gasteiger partial charge in [0.25, 0.3) is 0 Å². The van der Waals surface area contributed by atoms with Gasteiger partial charge in [-0.15, -0.1) is 0 Å². The van der Waals surface area contributed by atoms with E-state index in [0.717, 1.165) is 24.0 Å². The topological polar surface area (TPSA) is 108 Å². The molecule has 38 heavy (non-hydrogen) atoms. The number of carbonyl (C=O) groups excluding carboxylic acids is 2. The smallest absolute Gasteiger partial charge is 0.319 e. The van der Waals surface area contributed by atoms with Crippen LogP contribution in [0.2, 0.25) is 10.0 Å². The van der Waals surface area contributed by atoms with Crippen LogP contribution in [-0.4, -0.2) is 37.1 Å². The van der Waals surface area contributed by atoms with Crippen LogP contribution in [0.25, 0.3) is 0 Å². The minimum Gasteiger partial charge on any atom is -0.351 e. The summed E-state index contributed by atoms with van der Waals surface area (Å²) in [5, 5.41) is 13.0. The fourth-order valence-electron chi connectivity index (χ4n) is 4.04. The van der Waals surface area contributed by atoms with Crippen LogP contribution in [0.1, 0.15) is 30.4 Å². The Bertz CT molecular complexity index is 1150. The summed E-state index contributed by atoms with van der Waals surface area (Å²) < 4.78 is 0. The third-order valence-corrected chi connectivity index (χ3v) is 6.57. The summed E-state index contributed by atoms with van der Waals surface area (Å²) in [7, 11) is 0. The lowest BCUT2D eigenvalue weighted by Gasteiger charge is -2.26. The first-order chi connectivity index (χ1) is 18.4. The SMILES string of the molecule is NCCCC[C@H](N[C@@H](CNC(=O)Nc1ccc(Cl)cc1Cl)Cc1ccccc1)C(=O)NCc1ccccc1. The lowest BCUT2D eigenvalue weighted by Crippen LogP contribution is -2.52. The average molecular weight is 557 g/mol. The van der Waals surface area contributed by atoms with E-state index in [-0.39, 0.29) is 11.9 Å². The number of urea groups is 1. The Labute approximate surface area is 234 Å². The molecule has 0 aliphatic heterocycles. The molecule has 0 fully saturated rings. The third kappa shape index (κ3) is 10.3. The van der Waals surface area contributed by atoms with Crippen molar-refractivity contribution in [1.82, 2.24) is 16.0 Å². The number of unbranched alkanes of at least 4 members (excludes halogenated alkanes) is 1. The third-order valence-electron chi connectivity index (χ3n) is 6.02. The highest BCUT2D eigenvalue weighted by molar-refractivity contribution is 6.36. The largest absolute Gasteiger partial charge is 0.351 e. The molecule has 0 saturated carbocycles. The first-order valence-corrected chi connectivity index (χ1v) is 13.5. The van der Waals surface area contributed by atoms with Crippen molar-refractivity contribution in [3.63, 3.8) is 0 Å². The zero-order chi connectivity index (χ0) is 27.2. The summed E-state index contributed by atoms with van der Waals surface area (Å²) in [6, 6.07) is 23.6. The maximum Gasteiger partial charge on any atom is 0.319 e. The van der Waals surface area contributed by atoms with Crippen LogP contribution < -0.4 is 27.0 Å². The first-order valence-electron chi connectivity index (χ1n) is 12.8. The van der Waals surface area contributed by atoms with Crippen molar-refractivity contribution in [3.8, 4) is 0 Å². The van der Waals surface area contributed by atoms with Crippen LogP contribution in [0.5, 0.6) is 0 Å². The molecule has 0 aromatic heterocycles. The second kappa shape index (κ2) is 16.0. The Kier molecular flexibility index (Phi) is 12.4. The van der Waals surface area contributed by atoms with Gasteiger partial charge in [-0.2, -0.15) is 0 Å². The fourth-order valence-corrected chi connectivity index (χ4v) is 4.49. The van der Waals surface area contributed by atoms with Crippen LogP contribution in [0.3, 0.4) is 0 Å². The van der Waals surface area contributed by atoms with E-state index in [1.807, 2.05) is 60.7 Å². The van der Waals surface area contributed by atoms with Gasteiger partial charge in [-0.1, -0.05) is 90.3 Å². The van der Waals surface area contributed by atoms with E-state index in [1.54, 1.807) is 18.2 Å². The number of carbonyl (C=O) groups is 2. The van der Waals surface area contributed by atoms with E-state index in [2.05, 4.69) is 21.3 Å². The average Bonchev–Trinajstić information content (AvgIpc) is 2.92. The predicted molar refractivity (Wildman–Crippen MR) is 156 cm³/mol. The van der Waals surface area contributed by atoms with Crippen LogP contribution in [0, 0.1) is 0 Å². The second-order valence-corrected chi connectivity index (χ2v) is 9.90. The summed E-state index contributed by atoms with van der Waals surface area (Å²) in [6.45, 7) is 1.31. The molecule has 7 nitrogen and oxygen atoms in total. The van der Waals surface area contributed by atoms with Gasteiger partial charge < -0.3 is 27.0 Å². The molecule has 2 atom stereocenters. The molecule has 3 aromatic rings. The summed E-state index contributed by atoms with van der Waals surface area (Å²) in [5.74, 6) is -0.0821. The molecular formula is C29H35Cl2N5O2. The van der Waals surface area contributed by atoms with Gasteiger partial charge in [0.1, 0.15) is 0 Å². The summed E-state index contributed by atoms with van der Waals surface area (Å²) in [6.07, 6.45) is 2.90.